The van der Waals surface area contributed by atoms with Gasteiger partial charge in [0, 0.05) is 19.2 Å². The minimum atomic E-state index is -3.70. The lowest BCUT2D eigenvalue weighted by Gasteiger charge is -2.32. The van der Waals surface area contributed by atoms with E-state index in [0.717, 1.165) is 0 Å². The third kappa shape index (κ3) is 5.01. The molecule has 0 radical (unpaired) electrons. The van der Waals surface area contributed by atoms with Gasteiger partial charge in [-0.15, -0.1) is 0 Å². The SMILES string of the molecule is COc1cncc(OC2CCCN(S(=O)(=O)c3ccc(NC(C)=O)cc3C)C2)n1. The van der Waals surface area contributed by atoms with E-state index in [-0.39, 0.29) is 23.5 Å². The second-order valence-electron chi connectivity index (χ2n) is 6.81. The molecule has 0 aliphatic carbocycles. The van der Waals surface area contributed by atoms with Crippen LogP contribution in [0.3, 0.4) is 0 Å². The Morgan fingerprint density at radius 2 is 2.03 bits per heavy atom. The highest BCUT2D eigenvalue weighted by Gasteiger charge is 2.32. The number of anilines is 1. The van der Waals surface area contributed by atoms with Gasteiger partial charge in [0.2, 0.25) is 27.7 Å². The Bertz CT molecular complexity index is 996. The van der Waals surface area contributed by atoms with Crippen LogP contribution in [-0.2, 0) is 14.8 Å². The lowest BCUT2D eigenvalue weighted by molar-refractivity contribution is -0.114. The van der Waals surface area contributed by atoms with Gasteiger partial charge in [0.1, 0.15) is 6.10 Å². The number of piperidine rings is 1. The van der Waals surface area contributed by atoms with Crippen molar-refractivity contribution in [3.63, 3.8) is 0 Å². The van der Waals surface area contributed by atoms with Gasteiger partial charge in [0.25, 0.3) is 0 Å². The first-order valence-corrected chi connectivity index (χ1v) is 10.6. The smallest absolute Gasteiger partial charge is 0.243 e. The molecule has 1 fully saturated rings. The molecule has 1 atom stereocenters. The third-order valence-electron chi connectivity index (χ3n) is 4.54. The molecule has 3 rings (SSSR count). The summed E-state index contributed by atoms with van der Waals surface area (Å²) < 4.78 is 38.7. The van der Waals surface area contributed by atoms with E-state index in [0.29, 0.717) is 42.4 Å². The number of carbonyl (C=O) groups is 1. The fourth-order valence-electron chi connectivity index (χ4n) is 3.24. The lowest BCUT2D eigenvalue weighted by atomic mass is 10.1. The first-order chi connectivity index (χ1) is 13.8. The molecule has 10 heteroatoms. The second-order valence-corrected chi connectivity index (χ2v) is 8.71. The number of aromatic nitrogens is 2. The van der Waals surface area contributed by atoms with Gasteiger partial charge in [-0.05, 0) is 43.5 Å². The molecule has 156 valence electrons. The highest BCUT2D eigenvalue weighted by molar-refractivity contribution is 7.89. The van der Waals surface area contributed by atoms with Crippen molar-refractivity contribution >= 4 is 21.6 Å². The van der Waals surface area contributed by atoms with Gasteiger partial charge in [-0.1, -0.05) is 0 Å². The standard InChI is InChI=1S/C19H24N4O5S/c1-13-9-15(21-14(2)24)6-7-17(13)29(25,26)23-8-4-5-16(12-23)28-19-11-20-10-18(22-19)27-3/h6-7,9-11,16H,4-5,8,12H2,1-3H3,(H,21,24). The molecule has 1 unspecified atom stereocenters. The van der Waals surface area contributed by atoms with Crippen molar-refractivity contribution in [2.75, 3.05) is 25.5 Å². The monoisotopic (exact) mass is 420 g/mol. The van der Waals surface area contributed by atoms with Crippen molar-refractivity contribution in [3.05, 3.63) is 36.2 Å². The number of nitrogens with one attached hydrogen (secondary N) is 1. The first-order valence-electron chi connectivity index (χ1n) is 9.20. The average molecular weight is 420 g/mol. The van der Waals surface area contributed by atoms with Crippen LogP contribution in [0.15, 0.2) is 35.5 Å². The number of benzene rings is 1. The molecule has 9 nitrogen and oxygen atoms in total. The van der Waals surface area contributed by atoms with Crippen LogP contribution in [0.4, 0.5) is 5.69 Å². The van der Waals surface area contributed by atoms with Crippen LogP contribution in [0.2, 0.25) is 0 Å². The lowest BCUT2D eigenvalue weighted by Crippen LogP contribution is -2.44. The van der Waals surface area contributed by atoms with Gasteiger partial charge in [-0.3, -0.25) is 9.78 Å². The topological polar surface area (TPSA) is 111 Å². The van der Waals surface area contributed by atoms with Crippen molar-refractivity contribution in [1.82, 2.24) is 14.3 Å². The van der Waals surface area contributed by atoms with E-state index >= 15 is 0 Å². The molecular weight excluding hydrogens is 396 g/mol. The molecule has 1 aliphatic heterocycles. The van der Waals surface area contributed by atoms with E-state index < -0.39 is 10.0 Å². The van der Waals surface area contributed by atoms with Crippen LogP contribution in [-0.4, -0.2) is 54.9 Å². The minimum Gasteiger partial charge on any atom is -0.480 e. The number of aryl methyl sites for hydroxylation is 1. The summed E-state index contributed by atoms with van der Waals surface area (Å²) in [6.07, 6.45) is 3.99. The summed E-state index contributed by atoms with van der Waals surface area (Å²) in [5, 5.41) is 2.66. The molecule has 1 aromatic heterocycles. The number of methoxy groups -OCH3 is 1. The molecule has 0 bridgehead atoms. The number of sulfonamides is 1. The first kappa shape index (κ1) is 21.0. The number of amides is 1. The average Bonchev–Trinajstić information content (AvgIpc) is 2.67. The molecule has 29 heavy (non-hydrogen) atoms. The Hall–Kier alpha value is -2.72. The Morgan fingerprint density at radius 3 is 2.72 bits per heavy atom. The maximum absolute atomic E-state index is 13.2. The fraction of sp³-hybridized carbons (Fsp3) is 0.421. The molecule has 1 aromatic carbocycles. The van der Waals surface area contributed by atoms with Crippen LogP contribution in [0, 0.1) is 6.92 Å². The van der Waals surface area contributed by atoms with Gasteiger partial charge in [-0.2, -0.15) is 9.29 Å². The Balaban J connectivity index is 1.75. The molecule has 1 aliphatic rings. The predicted octanol–water partition coefficient (Wildman–Crippen LogP) is 1.98. The van der Waals surface area contributed by atoms with Crippen LogP contribution in [0.25, 0.3) is 0 Å². The Morgan fingerprint density at radius 1 is 1.28 bits per heavy atom. The third-order valence-corrected chi connectivity index (χ3v) is 6.57. The highest BCUT2D eigenvalue weighted by atomic mass is 32.2. The summed E-state index contributed by atoms with van der Waals surface area (Å²) in [5.74, 6) is 0.416. The molecule has 1 N–H and O–H groups in total. The molecule has 2 aromatic rings. The van der Waals surface area contributed by atoms with Gasteiger partial charge in [0.15, 0.2) is 0 Å². The zero-order valence-electron chi connectivity index (χ0n) is 16.6. The van der Waals surface area contributed by atoms with Gasteiger partial charge in [-0.25, -0.2) is 8.42 Å². The number of ether oxygens (including phenoxy) is 2. The van der Waals surface area contributed by atoms with Crippen molar-refractivity contribution in [3.8, 4) is 11.8 Å². The van der Waals surface area contributed by atoms with E-state index in [2.05, 4.69) is 15.3 Å². The molecule has 1 amide bonds. The summed E-state index contributed by atoms with van der Waals surface area (Å²) >= 11 is 0. The highest BCUT2D eigenvalue weighted by Crippen LogP contribution is 2.27. The van der Waals surface area contributed by atoms with Crippen molar-refractivity contribution in [2.45, 2.75) is 37.7 Å². The van der Waals surface area contributed by atoms with Gasteiger partial charge in [0.05, 0.1) is 30.9 Å². The van der Waals surface area contributed by atoms with Crippen molar-refractivity contribution in [1.29, 1.82) is 0 Å². The summed E-state index contributed by atoms with van der Waals surface area (Å²) in [5.41, 5.74) is 1.13. The maximum atomic E-state index is 13.2. The number of hydrogen-bond acceptors (Lipinski definition) is 7. The molecule has 0 spiro atoms. The zero-order valence-corrected chi connectivity index (χ0v) is 17.4. The van der Waals surface area contributed by atoms with Crippen LogP contribution in [0.5, 0.6) is 11.8 Å². The van der Waals surface area contributed by atoms with Crippen LogP contribution >= 0.6 is 0 Å². The molecule has 0 saturated carbocycles. The summed E-state index contributed by atoms with van der Waals surface area (Å²) in [6, 6.07) is 4.76. The van der Waals surface area contributed by atoms with E-state index in [1.165, 1.54) is 36.8 Å². The largest absolute Gasteiger partial charge is 0.480 e. The van der Waals surface area contributed by atoms with Crippen molar-refractivity contribution < 1.29 is 22.7 Å². The van der Waals surface area contributed by atoms with E-state index in [1.54, 1.807) is 19.1 Å². The normalized spacial score (nSPS) is 17.6. The summed E-state index contributed by atoms with van der Waals surface area (Å²) in [4.78, 5) is 19.6. The second kappa shape index (κ2) is 8.75. The number of nitrogens with zero attached hydrogens (tertiary/aromatic N) is 3. The zero-order chi connectivity index (χ0) is 21.0. The van der Waals surface area contributed by atoms with E-state index in [4.69, 9.17) is 9.47 Å². The van der Waals surface area contributed by atoms with Gasteiger partial charge >= 0.3 is 0 Å². The number of rotatable bonds is 6. The summed E-state index contributed by atoms with van der Waals surface area (Å²) in [7, 11) is -2.21. The molecule has 2 heterocycles. The van der Waals surface area contributed by atoms with Crippen LogP contribution in [0.1, 0.15) is 25.3 Å². The maximum Gasteiger partial charge on any atom is 0.243 e. The Kier molecular flexibility index (Phi) is 6.33. The Labute approximate surface area is 170 Å². The number of hydrogen-bond donors (Lipinski definition) is 1. The molecular formula is C19H24N4O5S. The van der Waals surface area contributed by atoms with Crippen LogP contribution < -0.4 is 14.8 Å². The van der Waals surface area contributed by atoms with E-state index in [1.807, 2.05) is 0 Å². The molecule has 1 saturated heterocycles. The summed E-state index contributed by atoms with van der Waals surface area (Å²) in [6.45, 7) is 3.75. The van der Waals surface area contributed by atoms with E-state index in [9.17, 15) is 13.2 Å². The predicted molar refractivity (Wildman–Crippen MR) is 106 cm³/mol. The van der Waals surface area contributed by atoms with Crippen molar-refractivity contribution in [2.24, 2.45) is 0 Å². The van der Waals surface area contributed by atoms with Gasteiger partial charge < -0.3 is 14.8 Å². The minimum absolute atomic E-state index is 0.211. The quantitative estimate of drug-likeness (QED) is 0.761. The fourth-order valence-corrected chi connectivity index (χ4v) is 4.95. The number of carbonyl (C=O) groups excluding carboxylic acids is 1.